The van der Waals surface area contributed by atoms with E-state index < -0.39 is 0 Å². The second-order valence-corrected chi connectivity index (χ2v) is 7.18. The smallest absolute Gasteiger partial charge is 0.164 e. The van der Waals surface area contributed by atoms with Crippen LogP contribution in [0.15, 0.2) is 59.1 Å². The van der Waals surface area contributed by atoms with Crippen molar-refractivity contribution in [2.24, 2.45) is 0 Å². The van der Waals surface area contributed by atoms with E-state index in [0.717, 1.165) is 42.6 Å². The first-order valence-electron chi connectivity index (χ1n) is 8.50. The lowest BCUT2D eigenvalue weighted by Gasteiger charge is -2.36. The molecule has 0 saturated carbocycles. The highest BCUT2D eigenvalue weighted by Gasteiger charge is 2.22. The quantitative estimate of drug-likeness (QED) is 0.770. The first-order chi connectivity index (χ1) is 11.7. The van der Waals surface area contributed by atoms with Gasteiger partial charge in [-0.15, -0.1) is 0 Å². The van der Waals surface area contributed by atoms with Gasteiger partial charge in [-0.25, -0.2) is 0 Å². The average Bonchev–Trinajstić information content (AvgIpc) is 2.62. The second-order valence-electron chi connectivity index (χ2n) is 6.26. The van der Waals surface area contributed by atoms with E-state index in [2.05, 4.69) is 56.5 Å². The van der Waals surface area contributed by atoms with Crippen molar-refractivity contribution >= 4 is 21.7 Å². The number of carbonyl (C=O) groups excluding carboxylic acids is 1. The zero-order valence-corrected chi connectivity index (χ0v) is 15.3. The molecular formula is C20H23BrN2O. The molecule has 2 aromatic rings. The number of ketones is 1. The third-order valence-electron chi connectivity index (χ3n) is 4.58. The number of hydrogen-bond donors (Lipinski definition) is 1. The van der Waals surface area contributed by atoms with E-state index in [9.17, 15) is 4.79 Å². The molecule has 24 heavy (non-hydrogen) atoms. The number of piperazine rings is 1. The highest BCUT2D eigenvalue weighted by atomic mass is 79.9. The van der Waals surface area contributed by atoms with Crippen LogP contribution in [0.25, 0.3) is 0 Å². The fourth-order valence-corrected chi connectivity index (χ4v) is 3.47. The first kappa shape index (κ1) is 17.3. The summed E-state index contributed by atoms with van der Waals surface area (Å²) in [5.74, 6) is 0.222. The van der Waals surface area contributed by atoms with Gasteiger partial charge in [0.15, 0.2) is 5.78 Å². The summed E-state index contributed by atoms with van der Waals surface area (Å²) in [6, 6.07) is 18.7. The lowest BCUT2D eigenvalue weighted by molar-refractivity contribution is 0.0935. The molecule has 3 rings (SSSR count). The molecule has 1 unspecified atom stereocenters. The number of carbonyl (C=O) groups is 1. The lowest BCUT2D eigenvalue weighted by atomic mass is 10.0. The summed E-state index contributed by atoms with van der Waals surface area (Å²) in [7, 11) is 0. The van der Waals surface area contributed by atoms with Crippen LogP contribution < -0.4 is 5.32 Å². The molecule has 4 heteroatoms. The Hall–Kier alpha value is -1.49. The molecular weight excluding hydrogens is 364 g/mol. The molecule has 126 valence electrons. The molecule has 1 N–H and O–H groups in total. The van der Waals surface area contributed by atoms with Crippen molar-refractivity contribution in [1.82, 2.24) is 10.2 Å². The number of hydrogen-bond acceptors (Lipinski definition) is 3. The summed E-state index contributed by atoms with van der Waals surface area (Å²) in [5.41, 5.74) is 2.16. The number of nitrogens with zero attached hydrogens (tertiary/aromatic N) is 1. The Morgan fingerprint density at radius 1 is 1.12 bits per heavy atom. The highest BCUT2D eigenvalue weighted by Crippen LogP contribution is 2.15. The van der Waals surface area contributed by atoms with Crippen molar-refractivity contribution in [2.75, 3.05) is 26.2 Å². The van der Waals surface area contributed by atoms with Crippen LogP contribution in [0.2, 0.25) is 0 Å². The summed E-state index contributed by atoms with van der Waals surface area (Å²) in [6.07, 6.45) is 1.60. The minimum atomic E-state index is 0.222. The van der Waals surface area contributed by atoms with Crippen LogP contribution >= 0.6 is 15.9 Å². The molecule has 0 radical (unpaired) electrons. The van der Waals surface area contributed by atoms with Crippen molar-refractivity contribution < 1.29 is 4.79 Å². The first-order valence-corrected chi connectivity index (χ1v) is 9.29. The van der Waals surface area contributed by atoms with Gasteiger partial charge in [0.2, 0.25) is 0 Å². The Balaban J connectivity index is 1.57. The third kappa shape index (κ3) is 4.76. The molecule has 1 fully saturated rings. The molecule has 0 spiro atoms. The topological polar surface area (TPSA) is 32.3 Å². The van der Waals surface area contributed by atoms with Gasteiger partial charge in [-0.2, -0.15) is 0 Å². The minimum Gasteiger partial charge on any atom is -0.314 e. The van der Waals surface area contributed by atoms with Crippen LogP contribution in [0, 0.1) is 0 Å². The summed E-state index contributed by atoms with van der Waals surface area (Å²) >= 11 is 3.41. The Labute approximate surface area is 152 Å². The van der Waals surface area contributed by atoms with E-state index in [0.29, 0.717) is 12.5 Å². The number of halogens is 1. The Kier molecular flexibility index (Phi) is 6.18. The average molecular weight is 387 g/mol. The van der Waals surface area contributed by atoms with Crippen LogP contribution in [0.1, 0.15) is 22.3 Å². The predicted octanol–water partition coefficient (Wildman–Crippen LogP) is 3.54. The molecule has 3 nitrogen and oxygen atoms in total. The van der Waals surface area contributed by atoms with Crippen LogP contribution in [0.4, 0.5) is 0 Å². The third-order valence-corrected chi connectivity index (χ3v) is 5.11. The van der Waals surface area contributed by atoms with Crippen molar-refractivity contribution in [3.8, 4) is 0 Å². The van der Waals surface area contributed by atoms with E-state index in [1.165, 1.54) is 5.56 Å². The van der Waals surface area contributed by atoms with Crippen LogP contribution in [0.3, 0.4) is 0 Å². The van der Waals surface area contributed by atoms with E-state index >= 15 is 0 Å². The maximum atomic E-state index is 12.4. The van der Waals surface area contributed by atoms with Crippen molar-refractivity contribution in [3.05, 3.63) is 70.2 Å². The Bertz CT molecular complexity index is 657. The van der Waals surface area contributed by atoms with Crippen molar-refractivity contribution in [1.29, 1.82) is 0 Å². The monoisotopic (exact) mass is 386 g/mol. The summed E-state index contributed by atoms with van der Waals surface area (Å²) < 4.78 is 1.00. The highest BCUT2D eigenvalue weighted by molar-refractivity contribution is 9.10. The molecule has 0 aliphatic carbocycles. The number of nitrogens with one attached hydrogen (secondary N) is 1. The Morgan fingerprint density at radius 2 is 1.88 bits per heavy atom. The molecule has 0 bridgehead atoms. The van der Waals surface area contributed by atoms with E-state index in [4.69, 9.17) is 0 Å². The molecule has 1 atom stereocenters. The SMILES string of the molecule is O=C(CCN1CCNCC1Cc1ccccc1)c1ccc(Br)cc1. The van der Waals surface area contributed by atoms with Gasteiger partial charge in [0, 0.05) is 48.7 Å². The van der Waals surface area contributed by atoms with Gasteiger partial charge in [-0.1, -0.05) is 58.4 Å². The zero-order valence-electron chi connectivity index (χ0n) is 13.7. The van der Waals surface area contributed by atoms with Crippen LogP contribution in [-0.4, -0.2) is 42.9 Å². The molecule has 1 saturated heterocycles. The van der Waals surface area contributed by atoms with Crippen LogP contribution in [0.5, 0.6) is 0 Å². The zero-order chi connectivity index (χ0) is 16.8. The van der Waals surface area contributed by atoms with Gasteiger partial charge in [-0.05, 0) is 24.1 Å². The largest absolute Gasteiger partial charge is 0.314 e. The fraction of sp³-hybridized carbons (Fsp3) is 0.350. The van der Waals surface area contributed by atoms with E-state index in [-0.39, 0.29) is 5.78 Å². The lowest BCUT2D eigenvalue weighted by Crippen LogP contribution is -2.52. The summed E-state index contributed by atoms with van der Waals surface area (Å²) in [4.78, 5) is 14.9. The normalized spacial score (nSPS) is 18.5. The van der Waals surface area contributed by atoms with Gasteiger partial charge >= 0.3 is 0 Å². The predicted molar refractivity (Wildman–Crippen MR) is 101 cm³/mol. The number of rotatable bonds is 6. The molecule has 1 heterocycles. The maximum absolute atomic E-state index is 12.4. The van der Waals surface area contributed by atoms with Crippen molar-refractivity contribution in [2.45, 2.75) is 18.9 Å². The fourth-order valence-electron chi connectivity index (χ4n) is 3.21. The van der Waals surface area contributed by atoms with Gasteiger partial charge in [-0.3, -0.25) is 9.69 Å². The van der Waals surface area contributed by atoms with Gasteiger partial charge in [0.1, 0.15) is 0 Å². The minimum absolute atomic E-state index is 0.222. The summed E-state index contributed by atoms with van der Waals surface area (Å²) in [5, 5.41) is 3.48. The van der Waals surface area contributed by atoms with E-state index in [1.807, 2.05) is 24.3 Å². The molecule has 0 amide bonds. The Morgan fingerprint density at radius 3 is 2.62 bits per heavy atom. The second kappa shape index (κ2) is 8.56. The van der Waals surface area contributed by atoms with Crippen LogP contribution in [-0.2, 0) is 6.42 Å². The van der Waals surface area contributed by atoms with E-state index in [1.54, 1.807) is 0 Å². The molecule has 2 aromatic carbocycles. The maximum Gasteiger partial charge on any atom is 0.164 e. The number of Topliss-reactive ketones (excluding diaryl/α,β-unsaturated/α-hetero) is 1. The molecule has 0 aromatic heterocycles. The molecule has 1 aliphatic rings. The molecule has 1 aliphatic heterocycles. The van der Waals surface area contributed by atoms with Gasteiger partial charge in [0.05, 0.1) is 0 Å². The van der Waals surface area contributed by atoms with Gasteiger partial charge < -0.3 is 5.32 Å². The summed E-state index contributed by atoms with van der Waals surface area (Å²) in [6.45, 7) is 3.82. The standard InChI is InChI=1S/C20H23BrN2O/c21-18-8-6-17(7-9-18)20(24)10-12-23-13-11-22-15-19(23)14-16-4-2-1-3-5-16/h1-9,19,22H,10-15H2. The number of benzene rings is 2. The van der Waals surface area contributed by atoms with Crippen molar-refractivity contribution in [3.63, 3.8) is 0 Å². The van der Waals surface area contributed by atoms with Gasteiger partial charge in [0.25, 0.3) is 0 Å².